The average molecular weight is 275 g/mol. The van der Waals surface area contributed by atoms with Crippen molar-refractivity contribution in [3.05, 3.63) is 29.8 Å². The third kappa shape index (κ3) is 3.35. The number of benzene rings is 1. The van der Waals surface area contributed by atoms with Gasteiger partial charge in [-0.25, -0.2) is 0 Å². The van der Waals surface area contributed by atoms with Gasteiger partial charge in [0.2, 0.25) is 0 Å². The lowest BCUT2D eigenvalue weighted by atomic mass is 9.77. The van der Waals surface area contributed by atoms with Gasteiger partial charge in [-0.15, -0.1) is 0 Å². The Bertz CT molecular complexity index is 429. The molecule has 1 atom stereocenters. The molecule has 1 aliphatic heterocycles. The Hall–Kier alpha value is -1.02. The first-order valence-corrected chi connectivity index (χ1v) is 7.91. The predicted molar refractivity (Wildman–Crippen MR) is 85.1 cm³/mol. The quantitative estimate of drug-likeness (QED) is 0.850. The van der Waals surface area contributed by atoms with E-state index in [-0.39, 0.29) is 5.60 Å². The van der Waals surface area contributed by atoms with Gasteiger partial charge >= 0.3 is 0 Å². The second kappa shape index (κ2) is 6.17. The fourth-order valence-corrected chi connectivity index (χ4v) is 3.70. The lowest BCUT2D eigenvalue weighted by Gasteiger charge is -2.44. The highest BCUT2D eigenvalue weighted by molar-refractivity contribution is 5.39. The SMILES string of the molecule is CNC1CC(CC(C)C)(CC(C)C)Oc2ccccc21. The summed E-state index contributed by atoms with van der Waals surface area (Å²) in [4.78, 5) is 0. The molecular formula is C18H29NO. The molecule has 2 rings (SSSR count). The Morgan fingerprint density at radius 1 is 1.15 bits per heavy atom. The molecule has 2 heteroatoms. The van der Waals surface area contributed by atoms with E-state index in [4.69, 9.17) is 4.74 Å². The van der Waals surface area contributed by atoms with E-state index in [0.29, 0.717) is 17.9 Å². The average Bonchev–Trinajstić information content (AvgIpc) is 2.35. The van der Waals surface area contributed by atoms with Crippen LogP contribution in [0.2, 0.25) is 0 Å². The highest BCUT2D eigenvalue weighted by atomic mass is 16.5. The maximum Gasteiger partial charge on any atom is 0.124 e. The Morgan fingerprint density at radius 3 is 2.30 bits per heavy atom. The van der Waals surface area contributed by atoms with Crippen LogP contribution in [0.15, 0.2) is 24.3 Å². The minimum atomic E-state index is -0.0234. The number of ether oxygens (including phenoxy) is 1. The van der Waals surface area contributed by atoms with Crippen molar-refractivity contribution < 1.29 is 4.74 Å². The molecule has 1 aromatic carbocycles. The fraction of sp³-hybridized carbons (Fsp3) is 0.667. The zero-order valence-electron chi connectivity index (χ0n) is 13.6. The number of hydrogen-bond acceptors (Lipinski definition) is 2. The number of para-hydroxylation sites is 1. The summed E-state index contributed by atoms with van der Waals surface area (Å²) in [6, 6.07) is 8.88. The maximum atomic E-state index is 6.53. The lowest BCUT2D eigenvalue weighted by molar-refractivity contribution is -0.00522. The van der Waals surface area contributed by atoms with Crippen LogP contribution < -0.4 is 10.1 Å². The first kappa shape index (κ1) is 15.4. The molecule has 0 bridgehead atoms. The summed E-state index contributed by atoms with van der Waals surface area (Å²) in [5, 5.41) is 3.48. The van der Waals surface area contributed by atoms with Gasteiger partial charge in [0, 0.05) is 18.0 Å². The Morgan fingerprint density at radius 2 is 1.75 bits per heavy atom. The Kier molecular flexibility index (Phi) is 4.74. The highest BCUT2D eigenvalue weighted by Crippen LogP contribution is 2.44. The van der Waals surface area contributed by atoms with E-state index in [1.54, 1.807) is 0 Å². The molecule has 112 valence electrons. The van der Waals surface area contributed by atoms with E-state index in [0.717, 1.165) is 25.0 Å². The first-order valence-electron chi connectivity index (χ1n) is 7.91. The van der Waals surface area contributed by atoms with Crippen molar-refractivity contribution in [1.29, 1.82) is 0 Å². The number of hydrogen-bond donors (Lipinski definition) is 1. The molecule has 2 nitrogen and oxygen atoms in total. The summed E-state index contributed by atoms with van der Waals surface area (Å²) in [5.41, 5.74) is 1.28. The van der Waals surface area contributed by atoms with Crippen LogP contribution in [-0.4, -0.2) is 12.6 Å². The van der Waals surface area contributed by atoms with Crippen LogP contribution in [0.5, 0.6) is 5.75 Å². The summed E-state index contributed by atoms with van der Waals surface area (Å²) in [5.74, 6) is 2.37. The fourth-order valence-electron chi connectivity index (χ4n) is 3.70. The standard InChI is InChI=1S/C18H29NO/c1-13(2)10-18(11-14(3)4)12-16(19-5)15-8-6-7-9-17(15)20-18/h6-9,13-14,16,19H,10-12H2,1-5H3. The van der Waals surface area contributed by atoms with E-state index in [9.17, 15) is 0 Å². The van der Waals surface area contributed by atoms with Gasteiger partial charge in [0.15, 0.2) is 0 Å². The van der Waals surface area contributed by atoms with Crippen molar-refractivity contribution in [2.75, 3.05) is 7.05 Å². The smallest absolute Gasteiger partial charge is 0.124 e. The van der Waals surface area contributed by atoms with Crippen LogP contribution in [0.3, 0.4) is 0 Å². The van der Waals surface area contributed by atoms with Gasteiger partial charge in [0.05, 0.1) is 0 Å². The van der Waals surface area contributed by atoms with Crippen molar-refractivity contribution in [3.8, 4) is 5.75 Å². The summed E-state index contributed by atoms with van der Waals surface area (Å²) in [6.45, 7) is 9.17. The van der Waals surface area contributed by atoms with Gasteiger partial charge in [0.25, 0.3) is 0 Å². The van der Waals surface area contributed by atoms with Crippen LogP contribution >= 0.6 is 0 Å². The third-order valence-corrected chi connectivity index (χ3v) is 4.11. The molecule has 1 N–H and O–H groups in total. The molecule has 0 radical (unpaired) electrons. The van der Waals surface area contributed by atoms with Crippen molar-refractivity contribution >= 4 is 0 Å². The van der Waals surface area contributed by atoms with E-state index in [2.05, 4.69) is 64.3 Å². The molecule has 1 heterocycles. The lowest BCUT2D eigenvalue weighted by Crippen LogP contribution is -2.45. The highest BCUT2D eigenvalue weighted by Gasteiger charge is 2.41. The topological polar surface area (TPSA) is 21.3 Å². The Labute approximate surface area is 123 Å². The van der Waals surface area contributed by atoms with E-state index >= 15 is 0 Å². The van der Waals surface area contributed by atoms with Gasteiger partial charge in [-0.3, -0.25) is 0 Å². The molecule has 20 heavy (non-hydrogen) atoms. The van der Waals surface area contributed by atoms with Gasteiger partial charge in [-0.05, 0) is 37.8 Å². The first-order chi connectivity index (χ1) is 9.46. The number of fused-ring (bicyclic) bond motifs is 1. The maximum absolute atomic E-state index is 6.53. The molecular weight excluding hydrogens is 246 g/mol. The van der Waals surface area contributed by atoms with Gasteiger partial charge < -0.3 is 10.1 Å². The van der Waals surface area contributed by atoms with Crippen molar-refractivity contribution in [3.63, 3.8) is 0 Å². The summed E-state index contributed by atoms with van der Waals surface area (Å²) < 4.78 is 6.53. The van der Waals surface area contributed by atoms with Crippen LogP contribution in [-0.2, 0) is 0 Å². The van der Waals surface area contributed by atoms with Crippen molar-refractivity contribution in [2.24, 2.45) is 11.8 Å². The normalized spacial score (nSPS) is 20.9. The zero-order chi connectivity index (χ0) is 14.8. The molecule has 1 unspecified atom stereocenters. The van der Waals surface area contributed by atoms with E-state index < -0.39 is 0 Å². The zero-order valence-corrected chi connectivity index (χ0v) is 13.6. The van der Waals surface area contributed by atoms with Crippen LogP contribution in [0.1, 0.15) is 58.6 Å². The van der Waals surface area contributed by atoms with Crippen molar-refractivity contribution in [1.82, 2.24) is 5.32 Å². The molecule has 0 aromatic heterocycles. The second-order valence-electron chi connectivity index (χ2n) is 7.06. The molecule has 0 aliphatic carbocycles. The van der Waals surface area contributed by atoms with Crippen molar-refractivity contribution in [2.45, 2.75) is 58.6 Å². The van der Waals surface area contributed by atoms with E-state index in [1.807, 2.05) is 0 Å². The minimum absolute atomic E-state index is 0.0234. The molecule has 0 saturated carbocycles. The van der Waals surface area contributed by atoms with E-state index in [1.165, 1.54) is 5.56 Å². The van der Waals surface area contributed by atoms with Gasteiger partial charge in [0.1, 0.15) is 11.4 Å². The summed E-state index contributed by atoms with van der Waals surface area (Å²) >= 11 is 0. The molecule has 0 saturated heterocycles. The third-order valence-electron chi connectivity index (χ3n) is 4.11. The van der Waals surface area contributed by atoms with Crippen LogP contribution in [0.4, 0.5) is 0 Å². The Balaban J connectivity index is 2.35. The summed E-state index contributed by atoms with van der Waals surface area (Å²) in [6.07, 6.45) is 3.31. The van der Waals surface area contributed by atoms with Crippen LogP contribution in [0, 0.1) is 11.8 Å². The predicted octanol–water partition coefficient (Wildman–Crippen LogP) is 4.56. The van der Waals surface area contributed by atoms with Crippen LogP contribution in [0.25, 0.3) is 0 Å². The molecule has 1 aliphatic rings. The largest absolute Gasteiger partial charge is 0.487 e. The van der Waals surface area contributed by atoms with Gasteiger partial charge in [-0.2, -0.15) is 0 Å². The monoisotopic (exact) mass is 275 g/mol. The van der Waals surface area contributed by atoms with Gasteiger partial charge in [-0.1, -0.05) is 45.9 Å². The molecule has 0 spiro atoms. The molecule has 0 fully saturated rings. The summed E-state index contributed by atoms with van der Waals surface area (Å²) in [7, 11) is 2.06. The number of nitrogens with one attached hydrogen (secondary N) is 1. The minimum Gasteiger partial charge on any atom is -0.487 e. The molecule has 0 amide bonds. The number of rotatable bonds is 5. The second-order valence-corrected chi connectivity index (χ2v) is 7.06. The molecule has 1 aromatic rings.